The number of rotatable bonds is 4. The first-order valence-corrected chi connectivity index (χ1v) is 6.15. The third kappa shape index (κ3) is 3.48. The molecule has 3 nitrogen and oxygen atoms in total. The van der Waals surface area contributed by atoms with Gasteiger partial charge in [-0.05, 0) is 48.4 Å². The third-order valence-corrected chi connectivity index (χ3v) is 2.96. The fourth-order valence-corrected chi connectivity index (χ4v) is 1.97. The van der Waals surface area contributed by atoms with E-state index in [1.165, 1.54) is 0 Å². The lowest BCUT2D eigenvalue weighted by atomic mass is 10.1. The van der Waals surface area contributed by atoms with Crippen molar-refractivity contribution < 1.29 is 14.6 Å². The van der Waals surface area contributed by atoms with Gasteiger partial charge in [-0.3, -0.25) is 0 Å². The molecule has 0 aliphatic heterocycles. The number of ether oxygens (including phenoxy) is 1. The summed E-state index contributed by atoms with van der Waals surface area (Å²) in [4.78, 5) is 10.9. The second-order valence-electron chi connectivity index (χ2n) is 4.20. The van der Waals surface area contributed by atoms with Crippen LogP contribution in [0, 0.1) is 6.92 Å². The predicted molar refractivity (Wildman–Crippen MR) is 73.9 cm³/mol. The Hall–Kier alpha value is -2.00. The predicted octanol–water partition coefficient (Wildman–Crippen LogP) is 3.93. The Morgan fingerprint density at radius 1 is 1.26 bits per heavy atom. The summed E-state index contributed by atoms with van der Waals surface area (Å²) >= 11 is 5.89. The Morgan fingerprint density at radius 2 is 2.05 bits per heavy atom. The maximum absolute atomic E-state index is 10.9. The topological polar surface area (TPSA) is 46.5 Å². The van der Waals surface area contributed by atoms with Gasteiger partial charge in [-0.1, -0.05) is 23.7 Å². The molecule has 2 aromatic carbocycles. The number of aromatic carboxylic acids is 1. The molecule has 0 atom stereocenters. The van der Waals surface area contributed by atoms with E-state index in [0.29, 0.717) is 22.9 Å². The highest BCUT2D eigenvalue weighted by molar-refractivity contribution is 6.30. The SMILES string of the molecule is Cc1cc(OCc2cccc(Cl)c2)ccc1C(=O)O. The normalized spacial score (nSPS) is 10.2. The molecular weight excluding hydrogens is 264 g/mol. The Balaban J connectivity index is 2.08. The van der Waals surface area contributed by atoms with Crippen LogP contribution in [0.2, 0.25) is 5.02 Å². The van der Waals surface area contributed by atoms with Crippen LogP contribution in [-0.4, -0.2) is 11.1 Å². The molecule has 1 N–H and O–H groups in total. The van der Waals surface area contributed by atoms with Crippen molar-refractivity contribution in [3.05, 3.63) is 64.2 Å². The Labute approximate surface area is 116 Å². The van der Waals surface area contributed by atoms with Crippen LogP contribution in [-0.2, 0) is 6.61 Å². The molecule has 0 aromatic heterocycles. The van der Waals surface area contributed by atoms with Gasteiger partial charge in [0.15, 0.2) is 0 Å². The Bertz CT molecular complexity index is 608. The molecule has 0 saturated carbocycles. The highest BCUT2D eigenvalue weighted by atomic mass is 35.5. The summed E-state index contributed by atoms with van der Waals surface area (Å²) in [6.45, 7) is 2.14. The average Bonchev–Trinajstić information content (AvgIpc) is 2.36. The van der Waals surface area contributed by atoms with Crippen molar-refractivity contribution >= 4 is 17.6 Å². The summed E-state index contributed by atoms with van der Waals surface area (Å²) in [5, 5.41) is 9.60. The molecule has 0 aliphatic rings. The first kappa shape index (κ1) is 13.4. The minimum absolute atomic E-state index is 0.287. The van der Waals surface area contributed by atoms with E-state index < -0.39 is 5.97 Å². The van der Waals surface area contributed by atoms with Crippen LogP contribution in [0.4, 0.5) is 0 Å². The summed E-state index contributed by atoms with van der Waals surface area (Å²) in [5.41, 5.74) is 1.93. The van der Waals surface area contributed by atoms with E-state index in [0.717, 1.165) is 5.56 Å². The smallest absolute Gasteiger partial charge is 0.335 e. The van der Waals surface area contributed by atoms with E-state index in [4.69, 9.17) is 21.4 Å². The van der Waals surface area contributed by atoms with Crippen LogP contribution in [0.15, 0.2) is 42.5 Å². The van der Waals surface area contributed by atoms with Gasteiger partial charge in [0.05, 0.1) is 5.56 Å². The quantitative estimate of drug-likeness (QED) is 0.920. The van der Waals surface area contributed by atoms with Crippen LogP contribution in [0.3, 0.4) is 0 Å². The molecule has 98 valence electrons. The van der Waals surface area contributed by atoms with Crippen molar-refractivity contribution in [2.45, 2.75) is 13.5 Å². The monoisotopic (exact) mass is 276 g/mol. The number of carbonyl (C=O) groups is 1. The molecular formula is C15H13ClO3. The van der Waals surface area contributed by atoms with E-state index in [9.17, 15) is 4.79 Å². The van der Waals surface area contributed by atoms with Crippen molar-refractivity contribution in [2.24, 2.45) is 0 Å². The molecule has 0 spiro atoms. The summed E-state index contributed by atoms with van der Waals surface area (Å²) in [6, 6.07) is 12.3. The third-order valence-electron chi connectivity index (χ3n) is 2.72. The standard InChI is InChI=1S/C15H13ClO3/c1-10-7-13(5-6-14(10)15(17)18)19-9-11-3-2-4-12(16)8-11/h2-8H,9H2,1H3,(H,17,18). The van der Waals surface area contributed by atoms with Crippen molar-refractivity contribution in [1.29, 1.82) is 0 Å². The van der Waals surface area contributed by atoms with Crippen LogP contribution in [0.1, 0.15) is 21.5 Å². The average molecular weight is 277 g/mol. The van der Waals surface area contributed by atoms with Gasteiger partial charge in [0.25, 0.3) is 0 Å². The van der Waals surface area contributed by atoms with Crippen molar-refractivity contribution in [3.8, 4) is 5.75 Å². The van der Waals surface area contributed by atoms with Gasteiger partial charge in [-0.15, -0.1) is 0 Å². The lowest BCUT2D eigenvalue weighted by molar-refractivity contribution is 0.0696. The highest BCUT2D eigenvalue weighted by Crippen LogP contribution is 2.19. The Kier molecular flexibility index (Phi) is 4.07. The maximum atomic E-state index is 10.9. The van der Waals surface area contributed by atoms with Crippen LogP contribution < -0.4 is 4.74 Å². The zero-order chi connectivity index (χ0) is 13.8. The summed E-state index contributed by atoms with van der Waals surface area (Å²) < 4.78 is 5.61. The van der Waals surface area contributed by atoms with Crippen LogP contribution in [0.5, 0.6) is 5.75 Å². The number of aryl methyl sites for hydroxylation is 1. The van der Waals surface area contributed by atoms with E-state index in [1.807, 2.05) is 18.2 Å². The molecule has 0 amide bonds. The van der Waals surface area contributed by atoms with E-state index in [-0.39, 0.29) is 5.56 Å². The van der Waals surface area contributed by atoms with Crippen LogP contribution >= 0.6 is 11.6 Å². The molecule has 0 aliphatic carbocycles. The van der Waals surface area contributed by atoms with E-state index in [2.05, 4.69) is 0 Å². The molecule has 19 heavy (non-hydrogen) atoms. The summed E-state index contributed by atoms with van der Waals surface area (Å²) in [7, 11) is 0. The van der Waals surface area contributed by atoms with Gasteiger partial charge in [-0.25, -0.2) is 4.79 Å². The van der Waals surface area contributed by atoms with Gasteiger partial charge in [0.1, 0.15) is 12.4 Å². The van der Waals surface area contributed by atoms with Gasteiger partial charge in [0, 0.05) is 5.02 Å². The number of benzene rings is 2. The lowest BCUT2D eigenvalue weighted by Crippen LogP contribution is -2.01. The molecule has 2 aromatic rings. The van der Waals surface area contributed by atoms with E-state index >= 15 is 0 Å². The summed E-state index contributed by atoms with van der Waals surface area (Å²) in [6.07, 6.45) is 0. The number of hydrogen-bond acceptors (Lipinski definition) is 2. The molecule has 0 fully saturated rings. The number of carboxylic acids is 1. The second kappa shape index (κ2) is 5.76. The first-order chi connectivity index (χ1) is 9.06. The molecule has 0 heterocycles. The number of halogens is 1. The molecule has 0 saturated heterocycles. The lowest BCUT2D eigenvalue weighted by Gasteiger charge is -2.08. The second-order valence-corrected chi connectivity index (χ2v) is 4.64. The molecule has 2 rings (SSSR count). The zero-order valence-electron chi connectivity index (χ0n) is 10.4. The van der Waals surface area contributed by atoms with Crippen molar-refractivity contribution in [1.82, 2.24) is 0 Å². The van der Waals surface area contributed by atoms with E-state index in [1.54, 1.807) is 31.2 Å². The highest BCUT2D eigenvalue weighted by Gasteiger charge is 2.07. The Morgan fingerprint density at radius 3 is 2.68 bits per heavy atom. The first-order valence-electron chi connectivity index (χ1n) is 5.77. The largest absolute Gasteiger partial charge is 0.489 e. The molecule has 0 unspecified atom stereocenters. The minimum Gasteiger partial charge on any atom is -0.489 e. The maximum Gasteiger partial charge on any atom is 0.335 e. The van der Waals surface area contributed by atoms with Crippen molar-refractivity contribution in [3.63, 3.8) is 0 Å². The van der Waals surface area contributed by atoms with Gasteiger partial charge < -0.3 is 9.84 Å². The summed E-state index contributed by atoms with van der Waals surface area (Å²) in [5.74, 6) is -0.290. The molecule has 0 bridgehead atoms. The van der Waals surface area contributed by atoms with Gasteiger partial charge in [0.2, 0.25) is 0 Å². The fourth-order valence-electron chi connectivity index (χ4n) is 1.76. The minimum atomic E-state index is -0.932. The zero-order valence-corrected chi connectivity index (χ0v) is 11.1. The number of hydrogen-bond donors (Lipinski definition) is 1. The van der Waals surface area contributed by atoms with Crippen LogP contribution in [0.25, 0.3) is 0 Å². The van der Waals surface area contributed by atoms with Gasteiger partial charge in [-0.2, -0.15) is 0 Å². The van der Waals surface area contributed by atoms with Crippen molar-refractivity contribution in [2.75, 3.05) is 0 Å². The molecule has 4 heteroatoms. The number of carboxylic acid groups (broad SMARTS) is 1. The van der Waals surface area contributed by atoms with Gasteiger partial charge >= 0.3 is 5.97 Å². The molecule has 0 radical (unpaired) electrons. The fraction of sp³-hybridized carbons (Fsp3) is 0.133.